The SMILES string of the molecule is CSCCCCn1c(CCl)nc2c(Cl)cccc21. The Balaban J connectivity index is 2.26. The molecule has 1 aromatic carbocycles. The summed E-state index contributed by atoms with van der Waals surface area (Å²) in [5, 5.41) is 0.696. The number of alkyl halides is 1. The molecule has 2 nitrogen and oxygen atoms in total. The summed E-state index contributed by atoms with van der Waals surface area (Å²) in [4.78, 5) is 4.52. The first-order chi connectivity index (χ1) is 8.77. The van der Waals surface area contributed by atoms with Crippen LogP contribution in [0.1, 0.15) is 18.7 Å². The van der Waals surface area contributed by atoms with Gasteiger partial charge in [-0.25, -0.2) is 4.98 Å². The molecule has 0 radical (unpaired) electrons. The molecule has 0 atom stereocenters. The van der Waals surface area contributed by atoms with Crippen LogP contribution in [0.25, 0.3) is 11.0 Å². The molecule has 1 heterocycles. The quantitative estimate of drug-likeness (QED) is 0.574. The Hall–Kier alpha value is -0.380. The van der Waals surface area contributed by atoms with Crippen molar-refractivity contribution in [3.05, 3.63) is 29.0 Å². The number of halogens is 2. The van der Waals surface area contributed by atoms with E-state index >= 15 is 0 Å². The zero-order chi connectivity index (χ0) is 13.0. The Morgan fingerprint density at radius 2 is 2.17 bits per heavy atom. The maximum atomic E-state index is 6.16. The number of aryl methyl sites for hydroxylation is 1. The summed E-state index contributed by atoms with van der Waals surface area (Å²) < 4.78 is 2.19. The first kappa shape index (κ1) is 14.0. The third kappa shape index (κ3) is 2.95. The van der Waals surface area contributed by atoms with Gasteiger partial charge in [-0.05, 0) is 37.0 Å². The Morgan fingerprint density at radius 1 is 1.33 bits per heavy atom. The third-order valence-corrected chi connectivity index (χ3v) is 4.15. The molecule has 0 aliphatic carbocycles. The molecule has 18 heavy (non-hydrogen) atoms. The topological polar surface area (TPSA) is 17.8 Å². The number of nitrogens with zero attached hydrogens (tertiary/aromatic N) is 2. The minimum absolute atomic E-state index is 0.424. The molecule has 5 heteroatoms. The van der Waals surface area contributed by atoms with E-state index in [1.165, 1.54) is 12.2 Å². The molecule has 0 unspecified atom stereocenters. The van der Waals surface area contributed by atoms with Crippen LogP contribution in [0.2, 0.25) is 5.02 Å². The molecule has 0 amide bonds. The number of imidazole rings is 1. The number of rotatable bonds is 6. The van der Waals surface area contributed by atoms with Crippen LogP contribution in [-0.2, 0) is 12.4 Å². The van der Waals surface area contributed by atoms with Crippen molar-refractivity contribution in [2.75, 3.05) is 12.0 Å². The van der Waals surface area contributed by atoms with Crippen molar-refractivity contribution in [2.24, 2.45) is 0 Å². The number of para-hydroxylation sites is 1. The fraction of sp³-hybridized carbons (Fsp3) is 0.462. The summed E-state index contributed by atoms with van der Waals surface area (Å²) in [6, 6.07) is 5.88. The van der Waals surface area contributed by atoms with E-state index in [0.717, 1.165) is 29.8 Å². The van der Waals surface area contributed by atoms with Gasteiger partial charge in [0.25, 0.3) is 0 Å². The first-order valence-electron chi connectivity index (χ1n) is 5.96. The average Bonchev–Trinajstić information content (AvgIpc) is 2.74. The lowest BCUT2D eigenvalue weighted by molar-refractivity contribution is 0.631. The van der Waals surface area contributed by atoms with Gasteiger partial charge in [0.2, 0.25) is 0 Å². The molecule has 98 valence electrons. The standard InChI is InChI=1S/C13H16Cl2N2S/c1-18-8-3-2-7-17-11-6-4-5-10(15)13(11)16-12(17)9-14/h4-6H,2-3,7-9H2,1H3. The van der Waals surface area contributed by atoms with Crippen LogP contribution >= 0.6 is 35.0 Å². The average molecular weight is 303 g/mol. The van der Waals surface area contributed by atoms with Gasteiger partial charge >= 0.3 is 0 Å². The van der Waals surface area contributed by atoms with Crippen LogP contribution in [0.15, 0.2) is 18.2 Å². The number of hydrogen-bond acceptors (Lipinski definition) is 2. The minimum atomic E-state index is 0.424. The highest BCUT2D eigenvalue weighted by molar-refractivity contribution is 7.98. The minimum Gasteiger partial charge on any atom is -0.327 e. The summed E-state index contributed by atoms with van der Waals surface area (Å²) in [7, 11) is 0. The molecule has 2 rings (SSSR count). The molecule has 0 aliphatic rings. The van der Waals surface area contributed by atoms with Gasteiger partial charge in [0.1, 0.15) is 11.3 Å². The highest BCUT2D eigenvalue weighted by atomic mass is 35.5. The molecule has 0 saturated heterocycles. The fourth-order valence-corrected chi connectivity index (χ4v) is 2.94. The summed E-state index contributed by atoms with van der Waals surface area (Å²) in [6.07, 6.45) is 4.49. The lowest BCUT2D eigenvalue weighted by Gasteiger charge is -2.07. The number of unbranched alkanes of at least 4 members (excludes halogenated alkanes) is 1. The van der Waals surface area contributed by atoms with Gasteiger partial charge in [-0.3, -0.25) is 0 Å². The Kier molecular flexibility index (Phi) is 5.22. The Morgan fingerprint density at radius 3 is 2.89 bits per heavy atom. The van der Waals surface area contributed by atoms with E-state index in [0.29, 0.717) is 10.9 Å². The molecule has 0 bridgehead atoms. The predicted octanol–water partition coefficient (Wildman–Crippen LogP) is 4.57. The van der Waals surface area contributed by atoms with Crippen LogP contribution in [0.3, 0.4) is 0 Å². The Bertz CT molecular complexity index is 525. The summed E-state index contributed by atoms with van der Waals surface area (Å²) in [6.45, 7) is 0.958. The summed E-state index contributed by atoms with van der Waals surface area (Å²) in [5.74, 6) is 2.53. The van der Waals surface area contributed by atoms with Crippen LogP contribution in [0.4, 0.5) is 0 Å². The first-order valence-corrected chi connectivity index (χ1v) is 8.27. The molecule has 0 fully saturated rings. The van der Waals surface area contributed by atoms with Crippen LogP contribution in [-0.4, -0.2) is 21.6 Å². The molecular formula is C13H16Cl2N2S. The third-order valence-electron chi connectivity index (χ3n) is 2.91. The van der Waals surface area contributed by atoms with Gasteiger partial charge in [0.05, 0.1) is 16.4 Å². The fourth-order valence-electron chi connectivity index (χ4n) is 2.03. The summed E-state index contributed by atoms with van der Waals surface area (Å²) in [5.41, 5.74) is 1.95. The molecule has 0 saturated carbocycles. The van der Waals surface area contributed by atoms with E-state index in [2.05, 4.69) is 21.9 Å². The van der Waals surface area contributed by atoms with Crippen molar-refractivity contribution >= 4 is 46.0 Å². The lowest BCUT2D eigenvalue weighted by atomic mass is 10.3. The van der Waals surface area contributed by atoms with Crippen molar-refractivity contribution in [2.45, 2.75) is 25.3 Å². The van der Waals surface area contributed by atoms with E-state index in [9.17, 15) is 0 Å². The number of fused-ring (bicyclic) bond motifs is 1. The second-order valence-electron chi connectivity index (χ2n) is 4.12. The van der Waals surface area contributed by atoms with Crippen LogP contribution < -0.4 is 0 Å². The maximum absolute atomic E-state index is 6.16. The zero-order valence-corrected chi connectivity index (χ0v) is 12.7. The predicted molar refractivity (Wildman–Crippen MR) is 81.9 cm³/mol. The number of benzene rings is 1. The number of thioether (sulfide) groups is 1. The van der Waals surface area contributed by atoms with E-state index in [1.807, 2.05) is 23.9 Å². The Labute approximate surface area is 122 Å². The molecule has 0 N–H and O–H groups in total. The normalized spacial score (nSPS) is 11.3. The zero-order valence-electron chi connectivity index (χ0n) is 10.3. The van der Waals surface area contributed by atoms with E-state index in [1.54, 1.807) is 0 Å². The lowest BCUT2D eigenvalue weighted by Crippen LogP contribution is -2.02. The van der Waals surface area contributed by atoms with Crippen molar-refractivity contribution in [3.8, 4) is 0 Å². The number of hydrogen-bond donors (Lipinski definition) is 0. The van der Waals surface area contributed by atoms with E-state index in [4.69, 9.17) is 23.2 Å². The van der Waals surface area contributed by atoms with Crippen molar-refractivity contribution < 1.29 is 0 Å². The second-order valence-corrected chi connectivity index (χ2v) is 5.78. The van der Waals surface area contributed by atoms with Gasteiger partial charge in [0.15, 0.2) is 0 Å². The van der Waals surface area contributed by atoms with E-state index < -0.39 is 0 Å². The second kappa shape index (κ2) is 6.69. The molecule has 0 aliphatic heterocycles. The van der Waals surface area contributed by atoms with Gasteiger partial charge in [-0.15, -0.1) is 11.6 Å². The van der Waals surface area contributed by atoms with Crippen molar-refractivity contribution in [3.63, 3.8) is 0 Å². The highest BCUT2D eigenvalue weighted by Gasteiger charge is 2.11. The largest absolute Gasteiger partial charge is 0.327 e. The smallest absolute Gasteiger partial charge is 0.124 e. The van der Waals surface area contributed by atoms with Gasteiger partial charge in [-0.1, -0.05) is 17.7 Å². The molecule has 2 aromatic rings. The highest BCUT2D eigenvalue weighted by Crippen LogP contribution is 2.25. The van der Waals surface area contributed by atoms with Gasteiger partial charge in [0, 0.05) is 6.54 Å². The number of aromatic nitrogens is 2. The van der Waals surface area contributed by atoms with Crippen LogP contribution in [0.5, 0.6) is 0 Å². The summed E-state index contributed by atoms with van der Waals surface area (Å²) >= 11 is 14.0. The molecule has 1 aromatic heterocycles. The monoisotopic (exact) mass is 302 g/mol. The van der Waals surface area contributed by atoms with Gasteiger partial charge in [-0.2, -0.15) is 11.8 Å². The van der Waals surface area contributed by atoms with Crippen molar-refractivity contribution in [1.29, 1.82) is 0 Å². The van der Waals surface area contributed by atoms with E-state index in [-0.39, 0.29) is 0 Å². The maximum Gasteiger partial charge on any atom is 0.124 e. The molecule has 0 spiro atoms. The van der Waals surface area contributed by atoms with Gasteiger partial charge < -0.3 is 4.57 Å². The van der Waals surface area contributed by atoms with Crippen molar-refractivity contribution in [1.82, 2.24) is 9.55 Å². The molecular weight excluding hydrogens is 287 g/mol. The van der Waals surface area contributed by atoms with Crippen LogP contribution in [0, 0.1) is 0 Å².